The molecule has 3 saturated carbocycles. The topological polar surface area (TPSA) is 58.9 Å². The Hall–Kier alpha value is -0.840. The molecule has 2 N–H and O–H groups in total. The zero-order valence-corrected chi connectivity index (χ0v) is 20.9. The Balaban J connectivity index is 1.49. The van der Waals surface area contributed by atoms with Crippen molar-refractivity contribution in [2.24, 2.45) is 46.3 Å². The van der Waals surface area contributed by atoms with E-state index in [4.69, 9.17) is 9.78 Å². The van der Waals surface area contributed by atoms with Crippen LogP contribution in [0.25, 0.3) is 0 Å². The Bertz CT molecular complexity index is 818. The van der Waals surface area contributed by atoms with Gasteiger partial charge in [-0.15, -0.1) is 0 Å². The van der Waals surface area contributed by atoms with Gasteiger partial charge in [-0.25, -0.2) is 9.78 Å². The molecule has 2 bridgehead atoms. The molecule has 2 spiro atoms. The summed E-state index contributed by atoms with van der Waals surface area (Å²) in [7, 11) is 0. The van der Waals surface area contributed by atoms with E-state index < -0.39 is 17.3 Å². The molecule has 180 valence electrons. The number of aliphatic hydroxyl groups excluding tert-OH is 2. The molecule has 4 nitrogen and oxygen atoms in total. The zero-order chi connectivity index (χ0) is 23.1. The van der Waals surface area contributed by atoms with E-state index in [9.17, 15) is 10.2 Å². The predicted octanol–water partition coefficient (Wildman–Crippen LogP) is 6.36. The summed E-state index contributed by atoms with van der Waals surface area (Å²) in [5.74, 6) is 3.23. The average molecular weight is 445 g/mol. The number of allylic oxidation sites excluding steroid dienone is 2. The van der Waals surface area contributed by atoms with Crippen LogP contribution in [0.4, 0.5) is 0 Å². The minimum Gasteiger partial charge on any atom is -0.509 e. The summed E-state index contributed by atoms with van der Waals surface area (Å²) in [6, 6.07) is 0. The van der Waals surface area contributed by atoms with Crippen molar-refractivity contribution in [2.45, 2.75) is 104 Å². The molecule has 2 aliphatic heterocycles. The van der Waals surface area contributed by atoms with Crippen molar-refractivity contribution in [1.29, 1.82) is 0 Å². The molecule has 6 aliphatic rings. The molecule has 4 aliphatic carbocycles. The van der Waals surface area contributed by atoms with E-state index in [1.807, 2.05) is 6.08 Å². The third-order valence-electron chi connectivity index (χ3n) is 11.2. The van der Waals surface area contributed by atoms with Crippen LogP contribution in [0.2, 0.25) is 0 Å². The van der Waals surface area contributed by atoms with E-state index in [2.05, 4.69) is 53.7 Å². The first-order valence-electron chi connectivity index (χ1n) is 13.2. The highest BCUT2D eigenvalue weighted by atomic mass is 17.2. The quantitative estimate of drug-likeness (QED) is 0.391. The summed E-state index contributed by atoms with van der Waals surface area (Å²) in [6.45, 7) is 14.1. The molecular formula is C28H44O4. The van der Waals surface area contributed by atoms with Gasteiger partial charge in [0.2, 0.25) is 0 Å². The molecule has 0 radical (unpaired) electrons. The molecule has 4 heteroatoms. The van der Waals surface area contributed by atoms with Gasteiger partial charge in [-0.1, -0.05) is 53.7 Å². The van der Waals surface area contributed by atoms with Crippen LogP contribution in [0.1, 0.15) is 86.5 Å². The number of hydrogen-bond donors (Lipinski definition) is 2. The maximum Gasteiger partial charge on any atom is 0.166 e. The summed E-state index contributed by atoms with van der Waals surface area (Å²) in [5, 5.41) is 21.9. The van der Waals surface area contributed by atoms with Crippen LogP contribution in [0.3, 0.4) is 0 Å². The Kier molecular flexibility index (Phi) is 5.25. The fourth-order valence-electron chi connectivity index (χ4n) is 8.81. The molecule has 6 rings (SSSR count). The molecule has 0 aromatic heterocycles. The highest BCUT2D eigenvalue weighted by Crippen LogP contribution is 2.74. The van der Waals surface area contributed by atoms with E-state index in [0.717, 1.165) is 25.7 Å². The second-order valence-electron chi connectivity index (χ2n) is 12.9. The summed E-state index contributed by atoms with van der Waals surface area (Å²) < 4.78 is 0. The third kappa shape index (κ3) is 2.78. The monoisotopic (exact) mass is 444 g/mol. The molecule has 0 aromatic rings. The van der Waals surface area contributed by atoms with Crippen LogP contribution >= 0.6 is 0 Å². The smallest absolute Gasteiger partial charge is 0.166 e. The maximum atomic E-state index is 11.5. The van der Waals surface area contributed by atoms with Crippen molar-refractivity contribution in [3.63, 3.8) is 0 Å². The average Bonchev–Trinajstić information content (AvgIpc) is 3.09. The molecule has 0 aromatic carbocycles. The minimum absolute atomic E-state index is 0.103. The van der Waals surface area contributed by atoms with Gasteiger partial charge in [0.1, 0.15) is 11.4 Å². The molecular weight excluding hydrogens is 400 g/mol. The Morgan fingerprint density at radius 3 is 2.41 bits per heavy atom. The van der Waals surface area contributed by atoms with E-state index in [1.165, 1.54) is 12.8 Å². The largest absolute Gasteiger partial charge is 0.509 e. The van der Waals surface area contributed by atoms with Crippen LogP contribution in [-0.4, -0.2) is 27.5 Å². The Morgan fingerprint density at radius 2 is 1.72 bits per heavy atom. The van der Waals surface area contributed by atoms with Gasteiger partial charge in [-0.3, -0.25) is 0 Å². The minimum atomic E-state index is -0.727. The van der Waals surface area contributed by atoms with Crippen molar-refractivity contribution in [3.05, 3.63) is 24.0 Å². The standard InChI is InChI=1S/C28H44O4/c1-17(2)18(3)7-8-19(4)21-9-10-22-25(21,5)13-12-23-26(6)14-11-20(29)15-27(26)16-24(30)28(22,23)32-31-27/h7-8,16-23,29-30H,9-15H2,1-6H3/b8-7+/t18-,19+,20-,21+,22+,23?,25+,26+,27-,28-/m0/s1. The van der Waals surface area contributed by atoms with Crippen LogP contribution in [0.5, 0.6) is 0 Å². The second-order valence-corrected chi connectivity index (χ2v) is 12.9. The van der Waals surface area contributed by atoms with Crippen LogP contribution in [0.15, 0.2) is 24.0 Å². The first-order chi connectivity index (χ1) is 15.0. The van der Waals surface area contributed by atoms with Crippen molar-refractivity contribution < 1.29 is 20.0 Å². The van der Waals surface area contributed by atoms with Crippen LogP contribution < -0.4 is 0 Å². The Labute approximate surface area is 194 Å². The van der Waals surface area contributed by atoms with Crippen molar-refractivity contribution in [3.8, 4) is 0 Å². The molecule has 0 amide bonds. The summed E-state index contributed by atoms with van der Waals surface area (Å²) in [6.07, 6.45) is 13.1. The van der Waals surface area contributed by atoms with E-state index in [-0.39, 0.29) is 22.7 Å². The van der Waals surface area contributed by atoms with Gasteiger partial charge < -0.3 is 10.2 Å². The summed E-state index contributed by atoms with van der Waals surface area (Å²) >= 11 is 0. The van der Waals surface area contributed by atoms with E-state index in [0.29, 0.717) is 35.9 Å². The fourth-order valence-corrected chi connectivity index (χ4v) is 8.81. The second kappa shape index (κ2) is 7.33. The van der Waals surface area contributed by atoms with Crippen LogP contribution in [-0.2, 0) is 9.78 Å². The first-order valence-corrected chi connectivity index (χ1v) is 13.2. The lowest BCUT2D eigenvalue weighted by atomic mass is 9.42. The predicted molar refractivity (Wildman–Crippen MR) is 126 cm³/mol. The number of hydrogen-bond acceptors (Lipinski definition) is 4. The molecule has 2 heterocycles. The van der Waals surface area contributed by atoms with Gasteiger partial charge in [0.05, 0.1) is 6.10 Å². The van der Waals surface area contributed by atoms with Crippen molar-refractivity contribution in [1.82, 2.24) is 0 Å². The number of fused-ring (bicyclic) bond motifs is 2. The van der Waals surface area contributed by atoms with Gasteiger partial charge >= 0.3 is 0 Å². The number of rotatable bonds is 4. The Morgan fingerprint density at radius 1 is 0.969 bits per heavy atom. The third-order valence-corrected chi connectivity index (χ3v) is 11.2. The molecule has 10 atom stereocenters. The van der Waals surface area contributed by atoms with Crippen molar-refractivity contribution >= 4 is 0 Å². The number of aliphatic hydroxyl groups is 2. The lowest BCUT2D eigenvalue weighted by Crippen LogP contribution is -2.74. The SMILES string of the molecule is CC(C)[C@@H](C)/C=C/[C@@H](C)[C@H]1CC[C@@H]2[C@]1(C)CCC1[C@@]23OO[C@]2(C=C3O)C[C@@H](O)CC[C@]12C. The molecule has 4 fully saturated rings. The maximum absolute atomic E-state index is 11.5. The fraction of sp³-hybridized carbons (Fsp3) is 0.857. The molecule has 1 saturated heterocycles. The lowest BCUT2D eigenvalue weighted by molar-refractivity contribution is -0.506. The summed E-state index contributed by atoms with van der Waals surface area (Å²) in [4.78, 5) is 12.6. The van der Waals surface area contributed by atoms with Gasteiger partial charge in [0, 0.05) is 23.7 Å². The summed E-state index contributed by atoms with van der Waals surface area (Å²) in [5.41, 5.74) is -1.41. The highest BCUT2D eigenvalue weighted by Gasteiger charge is 2.77. The van der Waals surface area contributed by atoms with Crippen LogP contribution in [0, 0.1) is 46.3 Å². The zero-order valence-electron chi connectivity index (χ0n) is 20.9. The highest BCUT2D eigenvalue weighted by molar-refractivity contribution is 5.36. The van der Waals surface area contributed by atoms with E-state index >= 15 is 0 Å². The van der Waals surface area contributed by atoms with Gasteiger partial charge in [-0.2, -0.15) is 0 Å². The van der Waals surface area contributed by atoms with Gasteiger partial charge in [-0.05, 0) is 73.7 Å². The molecule has 1 unspecified atom stereocenters. The van der Waals surface area contributed by atoms with E-state index in [1.54, 1.807) is 0 Å². The van der Waals surface area contributed by atoms with Gasteiger partial charge in [0.25, 0.3) is 0 Å². The molecule has 32 heavy (non-hydrogen) atoms. The first kappa shape index (κ1) is 22.9. The van der Waals surface area contributed by atoms with Crippen molar-refractivity contribution in [2.75, 3.05) is 0 Å². The normalized spacial score (nSPS) is 51.8. The lowest BCUT2D eigenvalue weighted by Gasteiger charge is -2.69. The van der Waals surface area contributed by atoms with Gasteiger partial charge in [0.15, 0.2) is 5.60 Å².